The summed E-state index contributed by atoms with van der Waals surface area (Å²) in [7, 11) is 0. The van der Waals surface area contributed by atoms with Crippen LogP contribution in [0.25, 0.3) is 0 Å². The van der Waals surface area contributed by atoms with E-state index in [9.17, 15) is 4.79 Å². The number of nitrogens with one attached hydrogen (secondary N) is 1. The van der Waals surface area contributed by atoms with Crippen LogP contribution >= 0.6 is 11.3 Å². The number of amides is 1. The zero-order valence-corrected chi connectivity index (χ0v) is 12.6. The maximum absolute atomic E-state index is 12.6. The van der Waals surface area contributed by atoms with Gasteiger partial charge in [0.1, 0.15) is 5.01 Å². The van der Waals surface area contributed by atoms with Crippen LogP contribution in [0.4, 0.5) is 0 Å². The largest absolute Gasteiger partial charge is 0.344 e. The van der Waals surface area contributed by atoms with E-state index in [1.54, 1.807) is 17.5 Å². The fourth-order valence-corrected chi connectivity index (χ4v) is 3.47. The molecule has 1 aliphatic rings. The highest BCUT2D eigenvalue weighted by atomic mass is 32.1. The molecule has 1 saturated carbocycles. The van der Waals surface area contributed by atoms with Crippen molar-refractivity contribution in [1.82, 2.24) is 10.3 Å². The van der Waals surface area contributed by atoms with E-state index in [0.717, 1.165) is 30.7 Å². The van der Waals surface area contributed by atoms with E-state index < -0.39 is 5.54 Å². The Morgan fingerprint density at radius 3 is 2.68 bits per heavy atom. The van der Waals surface area contributed by atoms with Crippen LogP contribution in [0.2, 0.25) is 0 Å². The maximum atomic E-state index is 12.6. The second kappa shape index (κ2) is 5.59. The van der Waals surface area contributed by atoms with E-state index in [0.29, 0.717) is 6.54 Å². The molecule has 0 aliphatic heterocycles. The molecule has 0 radical (unpaired) electrons. The molecule has 1 heterocycles. The van der Waals surface area contributed by atoms with Crippen molar-refractivity contribution in [2.45, 2.75) is 51.5 Å². The van der Waals surface area contributed by atoms with E-state index in [1.165, 1.54) is 6.42 Å². The van der Waals surface area contributed by atoms with Crippen molar-refractivity contribution in [2.75, 3.05) is 6.54 Å². The molecule has 3 N–H and O–H groups in total. The van der Waals surface area contributed by atoms with Gasteiger partial charge in [-0.1, -0.05) is 19.3 Å². The molecular weight excluding hydrogens is 258 g/mol. The number of carbonyl (C=O) groups excluding carboxylic acids is 1. The minimum atomic E-state index is -0.426. The van der Waals surface area contributed by atoms with Crippen LogP contribution in [0.15, 0.2) is 11.6 Å². The van der Waals surface area contributed by atoms with E-state index >= 15 is 0 Å². The molecule has 2 rings (SSSR count). The fraction of sp³-hybridized carbons (Fsp3) is 0.714. The Morgan fingerprint density at radius 2 is 2.16 bits per heavy atom. The van der Waals surface area contributed by atoms with Gasteiger partial charge < -0.3 is 11.1 Å². The highest BCUT2D eigenvalue weighted by Gasteiger charge is 2.40. The molecule has 1 fully saturated rings. The van der Waals surface area contributed by atoms with Crippen LogP contribution in [0.1, 0.15) is 51.0 Å². The molecule has 1 aliphatic carbocycles. The smallest absolute Gasteiger partial charge is 0.228 e. The molecule has 0 aromatic carbocycles. The summed E-state index contributed by atoms with van der Waals surface area (Å²) in [6.45, 7) is 4.43. The summed E-state index contributed by atoms with van der Waals surface area (Å²) in [6.07, 6.45) is 7.00. The highest BCUT2D eigenvalue weighted by molar-refractivity contribution is 7.09. The number of hydrogen-bond donors (Lipinski definition) is 2. The molecule has 0 saturated heterocycles. The van der Waals surface area contributed by atoms with Crippen LogP contribution < -0.4 is 11.1 Å². The van der Waals surface area contributed by atoms with Crippen molar-refractivity contribution in [1.29, 1.82) is 0 Å². The van der Waals surface area contributed by atoms with Crippen molar-refractivity contribution >= 4 is 17.2 Å². The molecule has 4 nitrogen and oxygen atoms in total. The molecule has 5 heteroatoms. The molecule has 1 aromatic heterocycles. The van der Waals surface area contributed by atoms with Gasteiger partial charge in [-0.05, 0) is 26.7 Å². The number of thiazole rings is 1. The van der Waals surface area contributed by atoms with E-state index in [2.05, 4.69) is 10.3 Å². The third kappa shape index (κ3) is 2.98. The zero-order chi connectivity index (χ0) is 13.9. The molecule has 19 heavy (non-hydrogen) atoms. The van der Waals surface area contributed by atoms with Gasteiger partial charge in [-0.25, -0.2) is 4.98 Å². The maximum Gasteiger partial charge on any atom is 0.228 e. The van der Waals surface area contributed by atoms with Crippen LogP contribution in [0.5, 0.6) is 0 Å². The molecule has 106 valence electrons. The van der Waals surface area contributed by atoms with Gasteiger partial charge in [0, 0.05) is 18.1 Å². The minimum Gasteiger partial charge on any atom is -0.344 e. The molecule has 0 atom stereocenters. The van der Waals surface area contributed by atoms with Crippen molar-refractivity contribution in [3.63, 3.8) is 0 Å². The Kier molecular flexibility index (Phi) is 4.26. The first-order valence-corrected chi connectivity index (χ1v) is 7.81. The van der Waals surface area contributed by atoms with E-state index in [1.807, 2.05) is 19.2 Å². The quantitative estimate of drug-likeness (QED) is 0.890. The Labute approximate surface area is 118 Å². The monoisotopic (exact) mass is 281 g/mol. The highest BCUT2D eigenvalue weighted by Crippen LogP contribution is 2.36. The van der Waals surface area contributed by atoms with Gasteiger partial charge in [0.25, 0.3) is 0 Å². The fourth-order valence-electron chi connectivity index (χ4n) is 2.75. The molecular formula is C14H23N3OS. The van der Waals surface area contributed by atoms with Gasteiger partial charge in [0.15, 0.2) is 0 Å². The van der Waals surface area contributed by atoms with Crippen molar-refractivity contribution in [3.8, 4) is 0 Å². The SMILES string of the molecule is CC(C)(NC(=O)C1(CN)CCCCC1)c1nccs1. The molecule has 0 spiro atoms. The zero-order valence-electron chi connectivity index (χ0n) is 11.7. The van der Waals surface area contributed by atoms with Crippen LogP contribution in [0, 0.1) is 5.41 Å². The summed E-state index contributed by atoms with van der Waals surface area (Å²) in [5.74, 6) is 0.0925. The number of hydrogen-bond acceptors (Lipinski definition) is 4. The van der Waals surface area contributed by atoms with Crippen molar-refractivity contribution in [2.24, 2.45) is 11.1 Å². The lowest BCUT2D eigenvalue weighted by atomic mass is 9.73. The van der Waals surface area contributed by atoms with Crippen molar-refractivity contribution < 1.29 is 4.79 Å². The summed E-state index contributed by atoms with van der Waals surface area (Å²) < 4.78 is 0. The number of nitrogens with zero attached hydrogens (tertiary/aromatic N) is 1. The number of aromatic nitrogens is 1. The molecule has 0 unspecified atom stereocenters. The van der Waals surface area contributed by atoms with Crippen LogP contribution in [-0.4, -0.2) is 17.4 Å². The second-order valence-corrected chi connectivity index (χ2v) is 6.86. The van der Waals surface area contributed by atoms with Gasteiger partial charge in [-0.15, -0.1) is 11.3 Å². The first-order valence-electron chi connectivity index (χ1n) is 6.93. The number of carbonyl (C=O) groups is 1. The van der Waals surface area contributed by atoms with Crippen molar-refractivity contribution in [3.05, 3.63) is 16.6 Å². The summed E-state index contributed by atoms with van der Waals surface area (Å²) in [5.41, 5.74) is 5.11. The normalized spacial score (nSPS) is 19.1. The molecule has 0 bridgehead atoms. The lowest BCUT2D eigenvalue weighted by Gasteiger charge is -2.37. The lowest BCUT2D eigenvalue weighted by molar-refractivity contribution is -0.134. The van der Waals surface area contributed by atoms with Gasteiger partial charge in [-0.3, -0.25) is 4.79 Å². The van der Waals surface area contributed by atoms with Crippen LogP contribution in [0.3, 0.4) is 0 Å². The third-order valence-electron chi connectivity index (χ3n) is 4.08. The summed E-state index contributed by atoms with van der Waals surface area (Å²) >= 11 is 1.57. The predicted molar refractivity (Wildman–Crippen MR) is 77.9 cm³/mol. The van der Waals surface area contributed by atoms with Gasteiger partial charge in [-0.2, -0.15) is 0 Å². The average Bonchev–Trinajstić information content (AvgIpc) is 2.93. The van der Waals surface area contributed by atoms with Gasteiger partial charge in [0.2, 0.25) is 5.91 Å². The summed E-state index contributed by atoms with van der Waals surface area (Å²) in [6, 6.07) is 0. The Morgan fingerprint density at radius 1 is 1.47 bits per heavy atom. The first-order chi connectivity index (χ1) is 9.00. The summed E-state index contributed by atoms with van der Waals surface area (Å²) in [4.78, 5) is 17.0. The summed E-state index contributed by atoms with van der Waals surface area (Å²) in [5, 5.41) is 6.02. The third-order valence-corrected chi connectivity index (χ3v) is 5.17. The number of nitrogens with two attached hydrogens (primary N) is 1. The minimum absolute atomic E-state index is 0.0925. The first kappa shape index (κ1) is 14.5. The molecule has 1 aromatic rings. The van der Waals surface area contributed by atoms with E-state index in [-0.39, 0.29) is 11.3 Å². The van der Waals surface area contributed by atoms with E-state index in [4.69, 9.17) is 5.73 Å². The molecule has 1 amide bonds. The Hall–Kier alpha value is -0.940. The Balaban J connectivity index is 2.11. The topological polar surface area (TPSA) is 68.0 Å². The number of rotatable bonds is 4. The predicted octanol–water partition coefficient (Wildman–Crippen LogP) is 2.40. The Bertz CT molecular complexity index is 422. The standard InChI is InChI=1S/C14H23N3OS/c1-13(2,12-16-8-9-19-12)17-11(18)14(10-15)6-4-3-5-7-14/h8-9H,3-7,10,15H2,1-2H3,(H,17,18). The van der Waals surface area contributed by atoms with Crippen LogP contribution in [-0.2, 0) is 10.3 Å². The van der Waals surface area contributed by atoms with Gasteiger partial charge >= 0.3 is 0 Å². The van der Waals surface area contributed by atoms with Gasteiger partial charge in [0.05, 0.1) is 11.0 Å². The lowest BCUT2D eigenvalue weighted by Crippen LogP contribution is -2.52. The average molecular weight is 281 g/mol. The second-order valence-electron chi connectivity index (χ2n) is 5.96.